The molecule has 1 aliphatic heterocycles. The molecule has 0 bridgehead atoms. The van der Waals surface area contributed by atoms with Crippen LogP contribution in [0.3, 0.4) is 0 Å². The van der Waals surface area contributed by atoms with E-state index in [2.05, 4.69) is 5.32 Å². The van der Waals surface area contributed by atoms with E-state index in [4.69, 9.17) is 4.74 Å². The molecular weight excluding hydrogens is 288 g/mol. The number of sulfonamides is 1. The highest BCUT2D eigenvalue weighted by atomic mass is 32.2. The number of hydrogen-bond donors (Lipinski definition) is 1. The lowest BCUT2D eigenvalue weighted by Crippen LogP contribution is -2.33. The molecule has 6 heteroatoms. The van der Waals surface area contributed by atoms with E-state index in [-0.39, 0.29) is 12.1 Å². The summed E-state index contributed by atoms with van der Waals surface area (Å²) in [6.45, 7) is 6.87. The summed E-state index contributed by atoms with van der Waals surface area (Å²) in [4.78, 5) is 0.341. The Bertz CT molecular complexity index is 599. The first-order valence-corrected chi connectivity index (χ1v) is 8.73. The zero-order chi connectivity index (χ0) is 15.6. The number of likely N-dealkylation sites (N-methyl/N-ethyl adjacent to an activating group) is 1. The highest BCUT2D eigenvalue weighted by Crippen LogP contribution is 2.26. The maximum Gasteiger partial charge on any atom is 0.243 e. The molecule has 1 heterocycles. The van der Waals surface area contributed by atoms with Crippen LogP contribution in [0.1, 0.15) is 25.8 Å². The van der Waals surface area contributed by atoms with Crippen molar-refractivity contribution in [2.24, 2.45) is 0 Å². The Morgan fingerprint density at radius 3 is 2.62 bits per heavy atom. The molecular formula is C15H24N2O3S. The summed E-state index contributed by atoms with van der Waals surface area (Å²) < 4.78 is 32.5. The lowest BCUT2D eigenvalue weighted by Gasteiger charge is -2.18. The number of rotatable bonds is 5. The largest absolute Gasteiger partial charge is 0.491 e. The zero-order valence-corrected chi connectivity index (χ0v) is 13.9. The molecule has 1 N–H and O–H groups in total. The highest BCUT2D eigenvalue weighted by Gasteiger charge is 2.32. The minimum atomic E-state index is -3.41. The van der Waals surface area contributed by atoms with E-state index < -0.39 is 10.0 Å². The second-order valence-corrected chi connectivity index (χ2v) is 7.67. The fourth-order valence-electron chi connectivity index (χ4n) is 2.50. The number of aryl methyl sites for hydroxylation is 1. The number of hydrogen-bond acceptors (Lipinski definition) is 4. The Balaban J connectivity index is 2.23. The van der Waals surface area contributed by atoms with Crippen molar-refractivity contribution in [2.45, 2.75) is 44.2 Å². The maximum atomic E-state index is 12.6. The smallest absolute Gasteiger partial charge is 0.243 e. The van der Waals surface area contributed by atoms with E-state index in [1.165, 1.54) is 0 Å². The SMILES string of the molecule is CNC1CCN(S(=O)(=O)c2ccc(OC(C)C)c(C)c2)C1. The van der Waals surface area contributed by atoms with Gasteiger partial charge >= 0.3 is 0 Å². The lowest BCUT2D eigenvalue weighted by atomic mass is 10.2. The van der Waals surface area contributed by atoms with Crippen LogP contribution < -0.4 is 10.1 Å². The van der Waals surface area contributed by atoms with Gasteiger partial charge in [-0.15, -0.1) is 0 Å². The fraction of sp³-hybridized carbons (Fsp3) is 0.600. The molecule has 1 atom stereocenters. The standard InChI is InChI=1S/C15H24N2O3S/c1-11(2)20-15-6-5-14(9-12(15)3)21(18,19)17-8-7-13(10-17)16-4/h5-6,9,11,13,16H,7-8,10H2,1-4H3. The van der Waals surface area contributed by atoms with Gasteiger partial charge in [0.25, 0.3) is 0 Å². The van der Waals surface area contributed by atoms with Crippen LogP contribution in [0.2, 0.25) is 0 Å². The van der Waals surface area contributed by atoms with Crippen molar-refractivity contribution in [2.75, 3.05) is 20.1 Å². The van der Waals surface area contributed by atoms with Crippen LogP contribution in [-0.4, -0.2) is 45.0 Å². The summed E-state index contributed by atoms with van der Waals surface area (Å²) in [6, 6.07) is 5.31. The van der Waals surface area contributed by atoms with Crippen molar-refractivity contribution in [3.63, 3.8) is 0 Å². The average Bonchev–Trinajstić information content (AvgIpc) is 2.90. The number of ether oxygens (including phenoxy) is 1. The van der Waals surface area contributed by atoms with E-state index >= 15 is 0 Å². The third-order valence-corrected chi connectivity index (χ3v) is 5.57. The molecule has 1 aromatic carbocycles. The molecule has 1 aromatic rings. The molecule has 1 fully saturated rings. The van der Waals surface area contributed by atoms with E-state index in [1.54, 1.807) is 22.5 Å². The molecule has 5 nitrogen and oxygen atoms in total. The molecule has 1 unspecified atom stereocenters. The quantitative estimate of drug-likeness (QED) is 0.900. The van der Waals surface area contributed by atoms with Crippen LogP contribution >= 0.6 is 0 Å². The van der Waals surface area contributed by atoms with Crippen LogP contribution in [-0.2, 0) is 10.0 Å². The van der Waals surface area contributed by atoms with Crippen LogP contribution in [0, 0.1) is 6.92 Å². The summed E-state index contributed by atoms with van der Waals surface area (Å²) in [5, 5.41) is 3.13. The van der Waals surface area contributed by atoms with Gasteiger partial charge in [-0.3, -0.25) is 0 Å². The van der Waals surface area contributed by atoms with Gasteiger partial charge in [-0.2, -0.15) is 4.31 Å². The van der Waals surface area contributed by atoms with Gasteiger partial charge in [0, 0.05) is 19.1 Å². The molecule has 0 aromatic heterocycles. The van der Waals surface area contributed by atoms with Gasteiger partial charge in [-0.25, -0.2) is 8.42 Å². The first-order valence-electron chi connectivity index (χ1n) is 7.29. The molecule has 0 spiro atoms. The number of benzene rings is 1. The van der Waals surface area contributed by atoms with Gasteiger partial charge in [-0.1, -0.05) is 0 Å². The Labute approximate surface area is 127 Å². The molecule has 2 rings (SSSR count). The third kappa shape index (κ3) is 3.56. The minimum Gasteiger partial charge on any atom is -0.491 e. The van der Waals surface area contributed by atoms with Gasteiger partial charge in [0.15, 0.2) is 0 Å². The Kier molecular flexibility index (Phi) is 4.91. The average molecular weight is 312 g/mol. The van der Waals surface area contributed by atoms with Gasteiger partial charge in [0.2, 0.25) is 10.0 Å². The van der Waals surface area contributed by atoms with Crippen molar-refractivity contribution >= 4 is 10.0 Å². The molecule has 118 valence electrons. The highest BCUT2D eigenvalue weighted by molar-refractivity contribution is 7.89. The van der Waals surface area contributed by atoms with Crippen LogP contribution in [0.15, 0.2) is 23.1 Å². The predicted octanol–water partition coefficient (Wildman–Crippen LogP) is 1.76. The second kappa shape index (κ2) is 6.34. The maximum absolute atomic E-state index is 12.6. The second-order valence-electron chi connectivity index (χ2n) is 5.73. The first kappa shape index (κ1) is 16.3. The molecule has 0 aliphatic carbocycles. The summed E-state index contributed by atoms with van der Waals surface area (Å²) in [7, 11) is -1.55. The summed E-state index contributed by atoms with van der Waals surface area (Å²) in [6.07, 6.45) is 0.921. The minimum absolute atomic E-state index is 0.0705. The van der Waals surface area contributed by atoms with E-state index in [9.17, 15) is 8.42 Å². The molecule has 0 amide bonds. The van der Waals surface area contributed by atoms with Crippen LogP contribution in [0.4, 0.5) is 0 Å². The normalized spacial score (nSPS) is 20.1. The Hall–Kier alpha value is -1.11. The third-order valence-electron chi connectivity index (χ3n) is 3.71. The van der Waals surface area contributed by atoms with Crippen molar-refractivity contribution in [1.29, 1.82) is 0 Å². The Morgan fingerprint density at radius 2 is 2.10 bits per heavy atom. The van der Waals surface area contributed by atoms with Gasteiger partial charge in [-0.05, 0) is 58.0 Å². The lowest BCUT2D eigenvalue weighted by molar-refractivity contribution is 0.240. The first-order chi connectivity index (χ1) is 9.84. The van der Waals surface area contributed by atoms with E-state index in [0.29, 0.717) is 18.0 Å². The van der Waals surface area contributed by atoms with Crippen LogP contribution in [0.25, 0.3) is 0 Å². The summed E-state index contributed by atoms with van der Waals surface area (Å²) in [5.41, 5.74) is 0.842. The molecule has 1 saturated heterocycles. The van der Waals surface area contributed by atoms with Crippen LogP contribution in [0.5, 0.6) is 5.75 Å². The fourth-order valence-corrected chi connectivity index (χ4v) is 4.09. The zero-order valence-electron chi connectivity index (χ0n) is 13.1. The molecule has 0 saturated carbocycles. The van der Waals surface area contributed by atoms with Gasteiger partial charge < -0.3 is 10.1 Å². The van der Waals surface area contributed by atoms with Crippen molar-refractivity contribution in [1.82, 2.24) is 9.62 Å². The van der Waals surface area contributed by atoms with Gasteiger partial charge in [0.05, 0.1) is 11.0 Å². The van der Waals surface area contributed by atoms with Gasteiger partial charge in [0.1, 0.15) is 5.75 Å². The van der Waals surface area contributed by atoms with Crippen molar-refractivity contribution < 1.29 is 13.2 Å². The van der Waals surface area contributed by atoms with E-state index in [0.717, 1.165) is 17.7 Å². The number of nitrogens with zero attached hydrogens (tertiary/aromatic N) is 1. The van der Waals surface area contributed by atoms with Crippen molar-refractivity contribution in [3.8, 4) is 5.75 Å². The van der Waals surface area contributed by atoms with E-state index in [1.807, 2.05) is 27.8 Å². The Morgan fingerprint density at radius 1 is 1.38 bits per heavy atom. The predicted molar refractivity (Wildman–Crippen MR) is 83.2 cm³/mol. The number of nitrogens with one attached hydrogen (secondary N) is 1. The summed E-state index contributed by atoms with van der Waals surface area (Å²) >= 11 is 0. The summed E-state index contributed by atoms with van der Waals surface area (Å²) in [5.74, 6) is 0.735. The topological polar surface area (TPSA) is 58.6 Å². The monoisotopic (exact) mass is 312 g/mol. The van der Waals surface area contributed by atoms with Crippen molar-refractivity contribution in [3.05, 3.63) is 23.8 Å². The molecule has 0 radical (unpaired) electrons. The molecule has 21 heavy (non-hydrogen) atoms. The molecule has 1 aliphatic rings.